The highest BCUT2D eigenvalue weighted by molar-refractivity contribution is 6.30. The van der Waals surface area contributed by atoms with Crippen molar-refractivity contribution in [2.75, 3.05) is 0 Å². The second kappa shape index (κ2) is 5.14. The van der Waals surface area contributed by atoms with Gasteiger partial charge in [0.2, 0.25) is 0 Å². The minimum atomic E-state index is 0.781. The number of pyridine rings is 1. The van der Waals surface area contributed by atoms with E-state index in [9.17, 15) is 0 Å². The number of hydrogen-bond donors (Lipinski definition) is 1. The van der Waals surface area contributed by atoms with Crippen LogP contribution in [0.4, 0.5) is 0 Å². The molecule has 0 saturated carbocycles. The highest BCUT2D eigenvalue weighted by atomic mass is 35.5. The SMILES string of the molecule is Cn1cc(Cl)cc1CNCc1ccncc1. The van der Waals surface area contributed by atoms with Crippen molar-refractivity contribution in [2.24, 2.45) is 7.05 Å². The van der Waals surface area contributed by atoms with Gasteiger partial charge in [0.15, 0.2) is 0 Å². The molecule has 2 aromatic rings. The maximum Gasteiger partial charge on any atom is 0.0585 e. The summed E-state index contributed by atoms with van der Waals surface area (Å²) in [6.07, 6.45) is 5.51. The predicted molar refractivity (Wildman–Crippen MR) is 65.2 cm³/mol. The largest absolute Gasteiger partial charge is 0.352 e. The van der Waals surface area contributed by atoms with Gasteiger partial charge in [-0.2, -0.15) is 0 Å². The van der Waals surface area contributed by atoms with Gasteiger partial charge in [-0.1, -0.05) is 11.6 Å². The van der Waals surface area contributed by atoms with Crippen LogP contribution in [-0.2, 0) is 20.1 Å². The number of nitrogens with zero attached hydrogens (tertiary/aromatic N) is 2. The number of halogens is 1. The lowest BCUT2D eigenvalue weighted by Gasteiger charge is -2.05. The molecule has 0 amide bonds. The van der Waals surface area contributed by atoms with Gasteiger partial charge >= 0.3 is 0 Å². The summed E-state index contributed by atoms with van der Waals surface area (Å²) in [7, 11) is 2.00. The van der Waals surface area contributed by atoms with Crippen molar-refractivity contribution in [3.05, 3.63) is 53.1 Å². The molecule has 0 bridgehead atoms. The summed E-state index contributed by atoms with van der Waals surface area (Å²) in [6.45, 7) is 1.65. The Hall–Kier alpha value is -1.32. The van der Waals surface area contributed by atoms with Gasteiger partial charge in [0, 0.05) is 44.4 Å². The molecule has 0 fully saturated rings. The van der Waals surface area contributed by atoms with E-state index < -0.39 is 0 Å². The summed E-state index contributed by atoms with van der Waals surface area (Å²) in [4.78, 5) is 3.98. The first kappa shape index (κ1) is 11.2. The zero-order valence-corrected chi connectivity index (χ0v) is 9.91. The zero-order chi connectivity index (χ0) is 11.4. The third-order valence-corrected chi connectivity index (χ3v) is 2.67. The number of aryl methyl sites for hydroxylation is 1. The number of hydrogen-bond acceptors (Lipinski definition) is 2. The Labute approximate surface area is 100 Å². The molecule has 84 valence electrons. The molecule has 16 heavy (non-hydrogen) atoms. The Morgan fingerprint density at radius 2 is 2.06 bits per heavy atom. The summed E-state index contributed by atoms with van der Waals surface area (Å²) in [6, 6.07) is 5.98. The van der Waals surface area contributed by atoms with Gasteiger partial charge in [0.1, 0.15) is 0 Å². The van der Waals surface area contributed by atoms with Gasteiger partial charge in [-0.3, -0.25) is 4.98 Å². The lowest BCUT2D eigenvalue weighted by molar-refractivity contribution is 0.655. The average molecular weight is 236 g/mol. The fourth-order valence-electron chi connectivity index (χ4n) is 1.58. The van der Waals surface area contributed by atoms with Crippen LogP contribution >= 0.6 is 11.6 Å². The van der Waals surface area contributed by atoms with Crippen LogP contribution < -0.4 is 5.32 Å². The van der Waals surface area contributed by atoms with Crippen molar-refractivity contribution >= 4 is 11.6 Å². The highest BCUT2D eigenvalue weighted by Gasteiger charge is 2.00. The summed E-state index contributed by atoms with van der Waals surface area (Å²) >= 11 is 5.90. The van der Waals surface area contributed by atoms with Crippen molar-refractivity contribution in [3.63, 3.8) is 0 Å². The van der Waals surface area contributed by atoms with E-state index in [-0.39, 0.29) is 0 Å². The lowest BCUT2D eigenvalue weighted by atomic mass is 10.2. The molecule has 0 aliphatic rings. The van der Waals surface area contributed by atoms with E-state index >= 15 is 0 Å². The van der Waals surface area contributed by atoms with Crippen molar-refractivity contribution in [1.29, 1.82) is 0 Å². The minimum absolute atomic E-state index is 0.781. The highest BCUT2D eigenvalue weighted by Crippen LogP contribution is 2.12. The third kappa shape index (κ3) is 2.84. The molecule has 3 nitrogen and oxygen atoms in total. The molecule has 0 radical (unpaired) electrons. The lowest BCUT2D eigenvalue weighted by Crippen LogP contribution is -2.14. The standard InChI is InChI=1S/C12H14ClN3/c1-16-9-11(13)6-12(16)8-15-7-10-2-4-14-5-3-10/h2-6,9,15H,7-8H2,1H3. The third-order valence-electron chi connectivity index (χ3n) is 2.46. The fourth-order valence-corrected chi connectivity index (χ4v) is 1.85. The van der Waals surface area contributed by atoms with E-state index in [2.05, 4.69) is 10.3 Å². The molecule has 2 heterocycles. The van der Waals surface area contributed by atoms with Crippen LogP contribution in [-0.4, -0.2) is 9.55 Å². The molecule has 0 spiro atoms. The van der Waals surface area contributed by atoms with Crippen LogP contribution in [0.5, 0.6) is 0 Å². The molecule has 1 N–H and O–H groups in total. The normalized spacial score (nSPS) is 10.6. The van der Waals surface area contributed by atoms with E-state index in [0.717, 1.165) is 18.1 Å². The average Bonchev–Trinajstić information content (AvgIpc) is 2.59. The molecule has 2 aromatic heterocycles. The van der Waals surface area contributed by atoms with Crippen LogP contribution in [0.3, 0.4) is 0 Å². The molecule has 0 saturated heterocycles. The second-order valence-corrected chi connectivity index (χ2v) is 4.16. The van der Waals surface area contributed by atoms with E-state index in [1.807, 2.05) is 36.0 Å². The quantitative estimate of drug-likeness (QED) is 0.882. The summed E-state index contributed by atoms with van der Waals surface area (Å²) in [5.41, 5.74) is 2.41. The van der Waals surface area contributed by atoms with E-state index in [1.54, 1.807) is 12.4 Å². The summed E-state index contributed by atoms with van der Waals surface area (Å²) in [5, 5.41) is 4.15. The fraction of sp³-hybridized carbons (Fsp3) is 0.250. The van der Waals surface area contributed by atoms with E-state index in [0.29, 0.717) is 0 Å². The van der Waals surface area contributed by atoms with Crippen LogP contribution in [0.15, 0.2) is 36.8 Å². The van der Waals surface area contributed by atoms with Crippen LogP contribution in [0.25, 0.3) is 0 Å². The van der Waals surface area contributed by atoms with Crippen molar-refractivity contribution in [1.82, 2.24) is 14.9 Å². The molecule has 0 aliphatic carbocycles. The first-order chi connectivity index (χ1) is 7.75. The first-order valence-electron chi connectivity index (χ1n) is 5.16. The monoisotopic (exact) mass is 235 g/mol. The minimum Gasteiger partial charge on any atom is -0.352 e. The van der Waals surface area contributed by atoms with Gasteiger partial charge in [0.25, 0.3) is 0 Å². The van der Waals surface area contributed by atoms with Gasteiger partial charge in [-0.15, -0.1) is 0 Å². The Morgan fingerprint density at radius 1 is 1.31 bits per heavy atom. The molecule has 0 unspecified atom stereocenters. The molecule has 0 aliphatic heterocycles. The molecule has 0 atom stereocenters. The van der Waals surface area contributed by atoms with Crippen LogP contribution in [0.2, 0.25) is 5.02 Å². The number of rotatable bonds is 4. The second-order valence-electron chi connectivity index (χ2n) is 3.72. The topological polar surface area (TPSA) is 29.9 Å². The van der Waals surface area contributed by atoms with Gasteiger partial charge in [-0.05, 0) is 23.8 Å². The molecule has 4 heteroatoms. The molecular weight excluding hydrogens is 222 g/mol. The van der Waals surface area contributed by atoms with Gasteiger partial charge in [-0.25, -0.2) is 0 Å². The Morgan fingerprint density at radius 3 is 2.69 bits per heavy atom. The van der Waals surface area contributed by atoms with Crippen LogP contribution in [0.1, 0.15) is 11.3 Å². The maximum absolute atomic E-state index is 5.90. The molecule has 2 rings (SSSR count). The smallest absolute Gasteiger partial charge is 0.0585 e. The summed E-state index contributed by atoms with van der Waals surface area (Å²) < 4.78 is 2.03. The predicted octanol–water partition coefficient (Wildman–Crippen LogP) is 2.36. The van der Waals surface area contributed by atoms with Gasteiger partial charge < -0.3 is 9.88 Å². The number of aromatic nitrogens is 2. The number of nitrogens with one attached hydrogen (secondary N) is 1. The Balaban J connectivity index is 1.87. The molecule has 0 aromatic carbocycles. The first-order valence-corrected chi connectivity index (χ1v) is 5.54. The molecular formula is C12H14ClN3. The maximum atomic E-state index is 5.90. The zero-order valence-electron chi connectivity index (χ0n) is 9.15. The van der Waals surface area contributed by atoms with Crippen LogP contribution in [0, 0.1) is 0 Å². The van der Waals surface area contributed by atoms with Gasteiger partial charge in [0.05, 0.1) is 5.02 Å². The Kier molecular flexibility index (Phi) is 3.59. The summed E-state index contributed by atoms with van der Waals surface area (Å²) in [5.74, 6) is 0. The Bertz CT molecular complexity index is 451. The van der Waals surface area contributed by atoms with Crippen molar-refractivity contribution in [2.45, 2.75) is 13.1 Å². The van der Waals surface area contributed by atoms with Crippen molar-refractivity contribution < 1.29 is 0 Å². The van der Waals surface area contributed by atoms with Crippen molar-refractivity contribution in [3.8, 4) is 0 Å². The van der Waals surface area contributed by atoms with E-state index in [4.69, 9.17) is 11.6 Å². The van der Waals surface area contributed by atoms with E-state index in [1.165, 1.54) is 11.3 Å².